The van der Waals surface area contributed by atoms with Gasteiger partial charge in [-0.15, -0.1) is 6.58 Å². The SMILES string of the molecule is C=CCCC[C@](C)(N)C(=O)OC(=O)OCC1c2ccccc2-c2ccccc21. The molecule has 0 aliphatic heterocycles. The zero-order valence-corrected chi connectivity index (χ0v) is 16.0. The summed E-state index contributed by atoms with van der Waals surface area (Å²) in [5.74, 6) is -0.874. The van der Waals surface area contributed by atoms with E-state index in [-0.39, 0.29) is 12.5 Å². The number of rotatable bonds is 7. The monoisotopic (exact) mass is 379 g/mol. The molecule has 2 N–H and O–H groups in total. The van der Waals surface area contributed by atoms with Gasteiger partial charge in [0.15, 0.2) is 0 Å². The first-order valence-corrected chi connectivity index (χ1v) is 9.41. The third-order valence-corrected chi connectivity index (χ3v) is 5.08. The van der Waals surface area contributed by atoms with Crippen molar-refractivity contribution in [3.05, 3.63) is 72.3 Å². The molecule has 0 saturated carbocycles. The van der Waals surface area contributed by atoms with Crippen molar-refractivity contribution >= 4 is 12.1 Å². The number of benzene rings is 2. The maximum Gasteiger partial charge on any atom is 0.516 e. The van der Waals surface area contributed by atoms with Gasteiger partial charge >= 0.3 is 12.1 Å². The summed E-state index contributed by atoms with van der Waals surface area (Å²) in [7, 11) is 0. The Morgan fingerprint density at radius 1 is 1.11 bits per heavy atom. The number of hydrogen-bond donors (Lipinski definition) is 1. The van der Waals surface area contributed by atoms with Crippen LogP contribution in [0.25, 0.3) is 11.1 Å². The van der Waals surface area contributed by atoms with Gasteiger partial charge in [-0.1, -0.05) is 54.6 Å². The fraction of sp³-hybridized carbons (Fsp3) is 0.304. The summed E-state index contributed by atoms with van der Waals surface area (Å²) in [6, 6.07) is 16.1. The van der Waals surface area contributed by atoms with Crippen molar-refractivity contribution in [3.63, 3.8) is 0 Å². The minimum absolute atomic E-state index is 0.0908. The highest BCUT2D eigenvalue weighted by Gasteiger charge is 2.33. The van der Waals surface area contributed by atoms with Gasteiger partial charge in [0, 0.05) is 5.92 Å². The van der Waals surface area contributed by atoms with E-state index >= 15 is 0 Å². The summed E-state index contributed by atoms with van der Waals surface area (Å²) in [6.07, 6.45) is 2.57. The maximum atomic E-state index is 12.2. The number of unbranched alkanes of at least 4 members (excludes halogenated alkanes) is 1. The molecule has 0 saturated heterocycles. The number of hydrogen-bond acceptors (Lipinski definition) is 5. The molecule has 0 bridgehead atoms. The molecule has 3 rings (SSSR count). The van der Waals surface area contributed by atoms with Gasteiger partial charge in [0.25, 0.3) is 0 Å². The molecule has 0 fully saturated rings. The lowest BCUT2D eigenvalue weighted by molar-refractivity contribution is -0.145. The van der Waals surface area contributed by atoms with E-state index in [0.29, 0.717) is 12.8 Å². The lowest BCUT2D eigenvalue weighted by Gasteiger charge is -2.21. The van der Waals surface area contributed by atoms with Crippen molar-refractivity contribution < 1.29 is 19.1 Å². The number of allylic oxidation sites excluding steroid dienone is 1. The van der Waals surface area contributed by atoms with Gasteiger partial charge in [0.1, 0.15) is 12.1 Å². The minimum Gasteiger partial charge on any atom is -0.433 e. The number of ether oxygens (including phenoxy) is 2. The van der Waals surface area contributed by atoms with Crippen LogP contribution in [0.2, 0.25) is 0 Å². The summed E-state index contributed by atoms with van der Waals surface area (Å²) in [4.78, 5) is 24.3. The van der Waals surface area contributed by atoms with Crippen molar-refractivity contribution in [2.24, 2.45) is 5.73 Å². The van der Waals surface area contributed by atoms with Crippen LogP contribution in [0.3, 0.4) is 0 Å². The number of fused-ring (bicyclic) bond motifs is 3. The summed E-state index contributed by atoms with van der Waals surface area (Å²) in [5, 5.41) is 0. The van der Waals surface area contributed by atoms with Gasteiger partial charge in [-0.25, -0.2) is 9.59 Å². The van der Waals surface area contributed by atoms with Crippen molar-refractivity contribution in [2.45, 2.75) is 37.6 Å². The quantitative estimate of drug-likeness (QED) is 0.330. The fourth-order valence-electron chi connectivity index (χ4n) is 3.53. The second-order valence-electron chi connectivity index (χ2n) is 7.28. The summed E-state index contributed by atoms with van der Waals surface area (Å²) < 4.78 is 10.1. The average molecular weight is 379 g/mol. The van der Waals surface area contributed by atoms with Crippen molar-refractivity contribution in [3.8, 4) is 11.1 Å². The fourth-order valence-corrected chi connectivity index (χ4v) is 3.53. The summed E-state index contributed by atoms with van der Waals surface area (Å²) in [5.41, 5.74) is 9.19. The van der Waals surface area contributed by atoms with E-state index in [9.17, 15) is 9.59 Å². The molecule has 5 nitrogen and oxygen atoms in total. The van der Waals surface area contributed by atoms with Crippen LogP contribution in [0, 0.1) is 0 Å². The Balaban J connectivity index is 1.62. The summed E-state index contributed by atoms with van der Waals surface area (Å²) >= 11 is 0. The Morgan fingerprint density at radius 2 is 1.68 bits per heavy atom. The van der Waals surface area contributed by atoms with Crippen molar-refractivity contribution in [1.29, 1.82) is 0 Å². The van der Waals surface area contributed by atoms with E-state index < -0.39 is 17.7 Å². The Hall–Kier alpha value is -2.92. The van der Waals surface area contributed by atoms with Gasteiger partial charge in [0.05, 0.1) is 0 Å². The van der Waals surface area contributed by atoms with E-state index in [0.717, 1.165) is 28.7 Å². The van der Waals surface area contributed by atoms with E-state index in [4.69, 9.17) is 15.2 Å². The molecule has 1 aliphatic rings. The molecule has 0 radical (unpaired) electrons. The van der Waals surface area contributed by atoms with Crippen LogP contribution in [-0.4, -0.2) is 24.3 Å². The maximum absolute atomic E-state index is 12.2. The van der Waals surface area contributed by atoms with Gasteiger partial charge in [-0.3, -0.25) is 0 Å². The van der Waals surface area contributed by atoms with E-state index in [2.05, 4.69) is 18.7 Å². The second kappa shape index (κ2) is 8.40. The predicted octanol–water partition coefficient (Wildman–Crippen LogP) is 4.55. The van der Waals surface area contributed by atoms with Crippen LogP contribution in [0.5, 0.6) is 0 Å². The Labute approximate surface area is 165 Å². The first kappa shape index (κ1) is 19.8. The first-order valence-electron chi connectivity index (χ1n) is 9.41. The van der Waals surface area contributed by atoms with Gasteiger partial charge in [-0.2, -0.15) is 0 Å². The lowest BCUT2D eigenvalue weighted by atomic mass is 9.96. The molecule has 2 aromatic carbocycles. The highest BCUT2D eigenvalue weighted by atomic mass is 16.7. The van der Waals surface area contributed by atoms with Crippen LogP contribution in [0.1, 0.15) is 43.2 Å². The molecule has 0 aromatic heterocycles. The van der Waals surface area contributed by atoms with Gasteiger partial charge < -0.3 is 15.2 Å². The largest absolute Gasteiger partial charge is 0.516 e. The molecule has 1 atom stereocenters. The highest BCUT2D eigenvalue weighted by molar-refractivity contribution is 5.88. The van der Waals surface area contributed by atoms with Crippen LogP contribution in [0.4, 0.5) is 4.79 Å². The number of carbonyl (C=O) groups is 2. The van der Waals surface area contributed by atoms with Crippen LogP contribution in [0.15, 0.2) is 61.2 Å². The Bertz CT molecular complexity index is 842. The standard InChI is InChI=1S/C23H25NO4/c1-3-4-9-14-23(2,24)21(25)28-22(26)27-15-20-18-12-7-5-10-16(18)17-11-6-8-13-19(17)20/h3,5-8,10-13,20H,1,4,9,14-15,24H2,2H3/t23-/m0/s1. The molecule has 1 aliphatic carbocycles. The van der Waals surface area contributed by atoms with Crippen LogP contribution >= 0.6 is 0 Å². The molecule has 2 aromatic rings. The predicted molar refractivity (Wildman–Crippen MR) is 108 cm³/mol. The van der Waals surface area contributed by atoms with Gasteiger partial charge in [0.2, 0.25) is 0 Å². The zero-order valence-electron chi connectivity index (χ0n) is 16.0. The van der Waals surface area contributed by atoms with Crippen molar-refractivity contribution in [1.82, 2.24) is 0 Å². The molecule has 0 amide bonds. The molecular weight excluding hydrogens is 354 g/mol. The van der Waals surface area contributed by atoms with Crippen LogP contribution < -0.4 is 5.73 Å². The summed E-state index contributed by atoms with van der Waals surface area (Å²) in [6.45, 7) is 5.28. The number of carbonyl (C=O) groups excluding carboxylic acids is 2. The average Bonchev–Trinajstić information content (AvgIpc) is 3.00. The zero-order chi connectivity index (χ0) is 20.1. The van der Waals surface area contributed by atoms with E-state index in [1.807, 2.05) is 36.4 Å². The molecule has 146 valence electrons. The normalized spacial score (nSPS) is 14.5. The molecule has 28 heavy (non-hydrogen) atoms. The van der Waals surface area contributed by atoms with Crippen molar-refractivity contribution in [2.75, 3.05) is 6.61 Å². The first-order chi connectivity index (χ1) is 13.4. The topological polar surface area (TPSA) is 78.6 Å². The molecule has 0 spiro atoms. The number of esters is 1. The minimum atomic E-state index is -1.24. The van der Waals surface area contributed by atoms with E-state index in [1.165, 1.54) is 0 Å². The highest BCUT2D eigenvalue weighted by Crippen LogP contribution is 2.44. The smallest absolute Gasteiger partial charge is 0.433 e. The Morgan fingerprint density at radius 3 is 2.25 bits per heavy atom. The molecule has 5 heteroatoms. The van der Waals surface area contributed by atoms with E-state index in [1.54, 1.807) is 13.0 Å². The number of nitrogens with two attached hydrogens (primary N) is 1. The third-order valence-electron chi connectivity index (χ3n) is 5.08. The lowest BCUT2D eigenvalue weighted by Crippen LogP contribution is -2.46. The Kier molecular flexibility index (Phi) is 5.95. The second-order valence-corrected chi connectivity index (χ2v) is 7.28. The van der Waals surface area contributed by atoms with Gasteiger partial charge in [-0.05, 0) is 48.4 Å². The molecule has 0 unspecified atom stereocenters. The molecule has 0 heterocycles. The molecular formula is C23H25NO4. The van der Waals surface area contributed by atoms with Crippen LogP contribution in [-0.2, 0) is 14.3 Å². The third kappa shape index (κ3) is 4.15.